The first-order valence-corrected chi connectivity index (χ1v) is 7.18. The molecule has 0 spiro atoms. The van der Waals surface area contributed by atoms with E-state index in [1.165, 1.54) is 11.3 Å². The number of hydrogen-bond acceptors (Lipinski definition) is 2. The average Bonchev–Trinajstić information content (AvgIpc) is 2.62. The third-order valence-corrected chi connectivity index (χ3v) is 5.35. The number of hydrogen-bond donors (Lipinski definition) is 1. The van der Waals surface area contributed by atoms with Crippen molar-refractivity contribution in [3.8, 4) is 0 Å². The summed E-state index contributed by atoms with van der Waals surface area (Å²) in [6, 6.07) is 7.81. The van der Waals surface area contributed by atoms with Crippen LogP contribution in [0.15, 0.2) is 28.7 Å². The van der Waals surface area contributed by atoms with Gasteiger partial charge in [0.2, 0.25) is 0 Å². The summed E-state index contributed by atoms with van der Waals surface area (Å²) in [7, 11) is 0. The lowest BCUT2D eigenvalue weighted by molar-refractivity contribution is 0.223. The lowest BCUT2D eigenvalue weighted by Crippen LogP contribution is -1.99. The Balaban J connectivity index is 2.43. The van der Waals surface area contributed by atoms with Crippen LogP contribution in [0.3, 0.4) is 0 Å². The molecule has 2 aromatic rings. The third kappa shape index (κ3) is 2.58. The lowest BCUT2D eigenvalue weighted by atomic mass is 10.1. The topological polar surface area (TPSA) is 20.2 Å². The Morgan fingerprint density at radius 1 is 1.29 bits per heavy atom. The Morgan fingerprint density at radius 3 is 2.59 bits per heavy atom. The van der Waals surface area contributed by atoms with Gasteiger partial charge in [0.15, 0.2) is 0 Å². The van der Waals surface area contributed by atoms with E-state index in [1.54, 1.807) is 0 Å². The molecule has 4 heteroatoms. The molecular weight excluding hydrogens is 320 g/mol. The van der Waals surface area contributed by atoms with Crippen molar-refractivity contribution in [1.29, 1.82) is 0 Å². The second-order valence-corrected chi connectivity index (χ2v) is 6.46. The maximum Gasteiger partial charge on any atom is 0.114 e. The van der Waals surface area contributed by atoms with Crippen molar-refractivity contribution in [2.24, 2.45) is 0 Å². The van der Waals surface area contributed by atoms with Crippen LogP contribution >= 0.6 is 38.9 Å². The van der Waals surface area contributed by atoms with Crippen molar-refractivity contribution >= 4 is 38.9 Å². The van der Waals surface area contributed by atoms with Gasteiger partial charge in [-0.25, -0.2) is 0 Å². The molecule has 0 aliphatic heterocycles. The zero-order valence-corrected chi connectivity index (χ0v) is 12.7. The first-order valence-electron chi connectivity index (χ1n) is 5.19. The summed E-state index contributed by atoms with van der Waals surface area (Å²) in [5.74, 6) is 0. The Bertz CT molecular complexity index is 531. The molecular formula is C13H12BrClOS. The first-order chi connectivity index (χ1) is 8.00. The number of thiophene rings is 1. The van der Waals surface area contributed by atoms with Crippen LogP contribution in [0.2, 0.25) is 4.34 Å². The monoisotopic (exact) mass is 330 g/mol. The van der Waals surface area contributed by atoms with Gasteiger partial charge in [-0.1, -0.05) is 45.7 Å². The molecule has 0 fully saturated rings. The quantitative estimate of drug-likeness (QED) is 0.833. The van der Waals surface area contributed by atoms with E-state index < -0.39 is 6.10 Å². The first kappa shape index (κ1) is 13.1. The molecule has 1 heterocycles. The maximum absolute atomic E-state index is 10.4. The van der Waals surface area contributed by atoms with Gasteiger partial charge in [0.1, 0.15) is 6.10 Å². The molecule has 2 rings (SSSR count). The van der Waals surface area contributed by atoms with Gasteiger partial charge >= 0.3 is 0 Å². The second kappa shape index (κ2) is 5.11. The summed E-state index contributed by atoms with van der Waals surface area (Å²) in [6.45, 7) is 3.95. The van der Waals surface area contributed by atoms with Crippen LogP contribution in [0.1, 0.15) is 27.7 Å². The summed E-state index contributed by atoms with van der Waals surface area (Å²) in [5, 5.41) is 10.4. The standard InChI is InChI=1S/C13H12BrClOS/c1-7-4-3-5-9(11(7)14)12(16)10-6-8(2)13(15)17-10/h3-6,12,16H,1-2H3. The summed E-state index contributed by atoms with van der Waals surface area (Å²) in [4.78, 5) is 0.874. The van der Waals surface area contributed by atoms with Crippen molar-refractivity contribution in [1.82, 2.24) is 0 Å². The molecule has 90 valence electrons. The van der Waals surface area contributed by atoms with E-state index in [1.807, 2.05) is 38.1 Å². The predicted molar refractivity (Wildman–Crippen MR) is 77.0 cm³/mol. The van der Waals surface area contributed by atoms with Gasteiger partial charge < -0.3 is 5.11 Å². The van der Waals surface area contributed by atoms with Gasteiger partial charge in [-0.3, -0.25) is 0 Å². The largest absolute Gasteiger partial charge is 0.383 e. The molecule has 0 amide bonds. The van der Waals surface area contributed by atoms with Gasteiger partial charge in [0, 0.05) is 14.9 Å². The minimum atomic E-state index is -0.625. The van der Waals surface area contributed by atoms with Gasteiger partial charge in [-0.15, -0.1) is 11.3 Å². The smallest absolute Gasteiger partial charge is 0.114 e. The number of aliphatic hydroxyl groups excluding tert-OH is 1. The predicted octanol–water partition coefficient (Wildman–Crippen LogP) is 4.86. The minimum Gasteiger partial charge on any atom is -0.383 e. The van der Waals surface area contributed by atoms with E-state index in [2.05, 4.69) is 15.9 Å². The Morgan fingerprint density at radius 2 is 2.00 bits per heavy atom. The third-order valence-electron chi connectivity index (χ3n) is 2.66. The van der Waals surface area contributed by atoms with Crippen LogP contribution in [0, 0.1) is 13.8 Å². The number of rotatable bonds is 2. The van der Waals surface area contributed by atoms with Crippen molar-refractivity contribution in [2.45, 2.75) is 20.0 Å². The lowest BCUT2D eigenvalue weighted by Gasteiger charge is -2.12. The van der Waals surface area contributed by atoms with Gasteiger partial charge in [0.25, 0.3) is 0 Å². The highest BCUT2D eigenvalue weighted by molar-refractivity contribution is 9.10. The Labute approximate surface area is 118 Å². The molecule has 1 unspecified atom stereocenters. The highest BCUT2D eigenvalue weighted by Gasteiger charge is 2.17. The van der Waals surface area contributed by atoms with Crippen LogP contribution in [0.25, 0.3) is 0 Å². The molecule has 0 bridgehead atoms. The molecule has 0 saturated carbocycles. The van der Waals surface area contributed by atoms with Crippen LogP contribution in [0.4, 0.5) is 0 Å². The molecule has 0 saturated heterocycles. The zero-order chi connectivity index (χ0) is 12.6. The maximum atomic E-state index is 10.4. The van der Waals surface area contributed by atoms with Crippen molar-refractivity contribution in [2.75, 3.05) is 0 Å². The van der Waals surface area contributed by atoms with Crippen LogP contribution in [0.5, 0.6) is 0 Å². The van der Waals surface area contributed by atoms with Crippen molar-refractivity contribution in [3.05, 3.63) is 54.6 Å². The van der Waals surface area contributed by atoms with E-state index in [9.17, 15) is 5.11 Å². The molecule has 1 atom stereocenters. The average molecular weight is 332 g/mol. The molecule has 17 heavy (non-hydrogen) atoms. The highest BCUT2D eigenvalue weighted by atomic mass is 79.9. The van der Waals surface area contributed by atoms with Crippen LogP contribution in [-0.2, 0) is 0 Å². The number of halogens is 2. The summed E-state index contributed by atoms with van der Waals surface area (Å²) < 4.78 is 1.69. The summed E-state index contributed by atoms with van der Waals surface area (Å²) >= 11 is 11.0. The number of aliphatic hydroxyl groups is 1. The van der Waals surface area contributed by atoms with Gasteiger partial charge in [-0.2, -0.15) is 0 Å². The Hall–Kier alpha value is -0.350. The summed E-state index contributed by atoms with van der Waals surface area (Å²) in [6.07, 6.45) is -0.625. The molecule has 1 aromatic heterocycles. The SMILES string of the molecule is Cc1cc(C(O)c2cccc(C)c2Br)sc1Cl. The van der Waals surface area contributed by atoms with Crippen LogP contribution < -0.4 is 0 Å². The molecule has 1 nitrogen and oxygen atoms in total. The van der Waals surface area contributed by atoms with E-state index in [0.717, 1.165) is 30.4 Å². The second-order valence-electron chi connectivity index (χ2n) is 3.99. The van der Waals surface area contributed by atoms with Gasteiger partial charge in [-0.05, 0) is 31.0 Å². The fourth-order valence-electron chi connectivity index (χ4n) is 1.65. The van der Waals surface area contributed by atoms with Crippen LogP contribution in [-0.4, -0.2) is 5.11 Å². The van der Waals surface area contributed by atoms with E-state index >= 15 is 0 Å². The number of benzene rings is 1. The van der Waals surface area contributed by atoms with E-state index in [-0.39, 0.29) is 0 Å². The fraction of sp³-hybridized carbons (Fsp3) is 0.231. The highest BCUT2D eigenvalue weighted by Crippen LogP contribution is 2.37. The molecule has 0 aliphatic rings. The molecule has 0 radical (unpaired) electrons. The summed E-state index contributed by atoms with van der Waals surface area (Å²) in [5.41, 5.74) is 3.00. The normalized spacial score (nSPS) is 12.8. The van der Waals surface area contributed by atoms with Gasteiger partial charge in [0.05, 0.1) is 4.34 Å². The van der Waals surface area contributed by atoms with E-state index in [0.29, 0.717) is 0 Å². The molecule has 0 aliphatic carbocycles. The Kier molecular flexibility index (Phi) is 3.93. The van der Waals surface area contributed by atoms with Crippen molar-refractivity contribution < 1.29 is 5.11 Å². The van der Waals surface area contributed by atoms with Crippen molar-refractivity contribution in [3.63, 3.8) is 0 Å². The molecule has 1 N–H and O–H groups in total. The minimum absolute atomic E-state index is 0.625. The zero-order valence-electron chi connectivity index (χ0n) is 9.50. The van der Waals surface area contributed by atoms with E-state index in [4.69, 9.17) is 11.6 Å². The number of aryl methyl sites for hydroxylation is 2. The molecule has 1 aromatic carbocycles. The fourth-order valence-corrected chi connectivity index (χ4v) is 3.36.